The molecule has 31 heavy (non-hydrogen) atoms. The lowest BCUT2D eigenvalue weighted by Gasteiger charge is -2.15. The molecule has 0 radical (unpaired) electrons. The Kier molecular flexibility index (Phi) is 4.87. The van der Waals surface area contributed by atoms with Crippen molar-refractivity contribution in [2.45, 2.75) is 24.8 Å². The van der Waals surface area contributed by atoms with Crippen molar-refractivity contribution >= 4 is 33.7 Å². The molecule has 5 aromatic rings. The number of hydrogen-bond donors (Lipinski definition) is 1. The molecule has 6 heteroatoms. The second-order valence-corrected chi connectivity index (χ2v) is 8.58. The number of nitrogens with zero attached hydrogens (tertiary/aromatic N) is 2. The van der Waals surface area contributed by atoms with Crippen LogP contribution in [0.25, 0.3) is 27.6 Å². The summed E-state index contributed by atoms with van der Waals surface area (Å²) in [6, 6.07) is 20.3. The van der Waals surface area contributed by atoms with Gasteiger partial charge in [0.05, 0.1) is 5.69 Å². The third-order valence-electron chi connectivity index (χ3n) is 5.38. The van der Waals surface area contributed by atoms with Crippen LogP contribution in [0.15, 0.2) is 76.7 Å². The fourth-order valence-electron chi connectivity index (χ4n) is 3.74. The number of benzene rings is 3. The summed E-state index contributed by atoms with van der Waals surface area (Å²) in [5, 5.41) is 1.53. The molecule has 0 saturated carbocycles. The standard InChI is InChI=1S/C25H20FN3OS/c1-15-7-8-16(2)21(13-15)29-24(30)23-22(19-5-3-4-6-20(19)27-23)28-25(29)31-14-17-9-11-18(26)12-10-17/h3-13,27H,14H2,1-2H3. The average molecular weight is 430 g/mol. The highest BCUT2D eigenvalue weighted by Gasteiger charge is 2.18. The third-order valence-corrected chi connectivity index (χ3v) is 6.39. The molecule has 0 unspecified atom stereocenters. The molecule has 3 aromatic carbocycles. The highest BCUT2D eigenvalue weighted by atomic mass is 32.2. The molecule has 5 rings (SSSR count). The first-order chi connectivity index (χ1) is 15.0. The minimum atomic E-state index is -0.264. The van der Waals surface area contributed by atoms with E-state index in [9.17, 15) is 9.18 Å². The summed E-state index contributed by atoms with van der Waals surface area (Å²) in [6.45, 7) is 4.00. The Hall–Kier alpha value is -3.38. The number of aromatic nitrogens is 3. The quantitative estimate of drug-likeness (QED) is 0.285. The molecule has 1 N–H and O–H groups in total. The van der Waals surface area contributed by atoms with E-state index >= 15 is 0 Å². The zero-order chi connectivity index (χ0) is 21.5. The van der Waals surface area contributed by atoms with Crippen LogP contribution in [0.5, 0.6) is 0 Å². The molecule has 2 aromatic heterocycles. The molecule has 4 nitrogen and oxygen atoms in total. The molecule has 0 atom stereocenters. The van der Waals surface area contributed by atoms with Gasteiger partial charge in [-0.05, 0) is 54.8 Å². The molecule has 154 valence electrons. The summed E-state index contributed by atoms with van der Waals surface area (Å²) in [5.74, 6) is 0.310. The van der Waals surface area contributed by atoms with Gasteiger partial charge in [-0.1, -0.05) is 54.2 Å². The Labute approximate surface area is 182 Å². The van der Waals surface area contributed by atoms with Crippen LogP contribution in [0, 0.1) is 19.7 Å². The molecule has 2 heterocycles. The smallest absolute Gasteiger partial charge is 0.283 e. The van der Waals surface area contributed by atoms with Crippen molar-refractivity contribution in [2.75, 3.05) is 0 Å². The lowest BCUT2D eigenvalue weighted by molar-refractivity contribution is 0.627. The SMILES string of the molecule is Cc1ccc(C)c(-n2c(SCc3ccc(F)cc3)nc3c([nH]c4ccccc43)c2=O)c1. The Morgan fingerprint density at radius 2 is 1.81 bits per heavy atom. The van der Waals surface area contributed by atoms with Gasteiger partial charge >= 0.3 is 0 Å². The van der Waals surface area contributed by atoms with Crippen LogP contribution >= 0.6 is 11.8 Å². The molecular formula is C25H20FN3OS. The number of H-pyrrole nitrogens is 1. The van der Waals surface area contributed by atoms with Crippen molar-refractivity contribution in [2.24, 2.45) is 0 Å². The van der Waals surface area contributed by atoms with Crippen LogP contribution in [0.1, 0.15) is 16.7 Å². The summed E-state index contributed by atoms with van der Waals surface area (Å²) in [6.07, 6.45) is 0. The molecule has 0 saturated heterocycles. The number of para-hydroxylation sites is 1. The Morgan fingerprint density at radius 1 is 1.03 bits per heavy atom. The first kappa shape index (κ1) is 19.6. The van der Waals surface area contributed by atoms with Gasteiger partial charge in [0, 0.05) is 16.7 Å². The highest BCUT2D eigenvalue weighted by Crippen LogP contribution is 2.29. The summed E-state index contributed by atoms with van der Waals surface area (Å²) in [4.78, 5) is 21.8. The normalized spacial score (nSPS) is 11.5. The molecule has 0 aliphatic heterocycles. The van der Waals surface area contributed by atoms with Crippen LogP contribution < -0.4 is 5.56 Å². The maximum absolute atomic E-state index is 13.7. The topological polar surface area (TPSA) is 50.7 Å². The first-order valence-electron chi connectivity index (χ1n) is 9.99. The Morgan fingerprint density at radius 3 is 2.61 bits per heavy atom. The van der Waals surface area contributed by atoms with E-state index in [0.717, 1.165) is 33.3 Å². The number of halogens is 1. The molecule has 0 bridgehead atoms. The predicted molar refractivity (Wildman–Crippen MR) is 125 cm³/mol. The third kappa shape index (κ3) is 3.53. The maximum atomic E-state index is 13.7. The van der Waals surface area contributed by atoms with Crippen LogP contribution in [0.3, 0.4) is 0 Å². The molecule has 0 aliphatic rings. The van der Waals surface area contributed by atoms with E-state index in [1.165, 1.54) is 23.9 Å². The van der Waals surface area contributed by atoms with Crippen LogP contribution in [0.2, 0.25) is 0 Å². The number of nitrogens with one attached hydrogen (secondary N) is 1. The van der Waals surface area contributed by atoms with Gasteiger partial charge < -0.3 is 4.98 Å². The molecular weight excluding hydrogens is 409 g/mol. The summed E-state index contributed by atoms with van der Waals surface area (Å²) >= 11 is 1.47. The number of hydrogen-bond acceptors (Lipinski definition) is 3. The van der Waals surface area contributed by atoms with Gasteiger partial charge in [0.15, 0.2) is 5.16 Å². The zero-order valence-corrected chi connectivity index (χ0v) is 18.0. The van der Waals surface area contributed by atoms with E-state index in [0.29, 0.717) is 21.9 Å². The Bertz CT molecular complexity index is 1490. The van der Waals surface area contributed by atoms with Gasteiger partial charge in [0.25, 0.3) is 5.56 Å². The molecule has 0 amide bonds. The van der Waals surface area contributed by atoms with E-state index in [-0.39, 0.29) is 11.4 Å². The van der Waals surface area contributed by atoms with E-state index in [4.69, 9.17) is 4.98 Å². The van der Waals surface area contributed by atoms with Crippen LogP contribution in [-0.4, -0.2) is 14.5 Å². The largest absolute Gasteiger partial charge is 0.349 e. The monoisotopic (exact) mass is 429 g/mol. The number of rotatable bonds is 4. The first-order valence-corrected chi connectivity index (χ1v) is 11.0. The van der Waals surface area contributed by atoms with Crippen molar-refractivity contribution in [1.29, 1.82) is 0 Å². The minimum absolute atomic E-state index is 0.128. The number of fused-ring (bicyclic) bond motifs is 3. The summed E-state index contributed by atoms with van der Waals surface area (Å²) in [5.41, 5.74) is 5.77. The van der Waals surface area contributed by atoms with Gasteiger partial charge in [0.2, 0.25) is 0 Å². The summed E-state index contributed by atoms with van der Waals surface area (Å²) in [7, 11) is 0. The van der Waals surface area contributed by atoms with E-state index in [1.807, 2.05) is 56.3 Å². The maximum Gasteiger partial charge on any atom is 0.283 e. The Balaban J connectivity index is 1.73. The van der Waals surface area contributed by atoms with Crippen molar-refractivity contribution < 1.29 is 4.39 Å². The number of aryl methyl sites for hydroxylation is 2. The lowest BCUT2D eigenvalue weighted by atomic mass is 10.1. The van der Waals surface area contributed by atoms with Crippen molar-refractivity contribution in [1.82, 2.24) is 14.5 Å². The zero-order valence-electron chi connectivity index (χ0n) is 17.1. The van der Waals surface area contributed by atoms with Crippen LogP contribution in [-0.2, 0) is 5.75 Å². The van der Waals surface area contributed by atoms with Crippen LogP contribution in [0.4, 0.5) is 4.39 Å². The summed E-state index contributed by atoms with van der Waals surface area (Å²) < 4.78 is 15.0. The second-order valence-electron chi connectivity index (χ2n) is 7.63. The van der Waals surface area contributed by atoms with E-state index < -0.39 is 0 Å². The fraction of sp³-hybridized carbons (Fsp3) is 0.120. The van der Waals surface area contributed by atoms with E-state index in [1.54, 1.807) is 16.7 Å². The van der Waals surface area contributed by atoms with Gasteiger partial charge in [-0.2, -0.15) is 0 Å². The average Bonchev–Trinajstić information content (AvgIpc) is 3.14. The van der Waals surface area contributed by atoms with Crippen molar-refractivity contribution in [3.8, 4) is 5.69 Å². The lowest BCUT2D eigenvalue weighted by Crippen LogP contribution is -2.22. The highest BCUT2D eigenvalue weighted by molar-refractivity contribution is 7.98. The second kappa shape index (κ2) is 7.71. The van der Waals surface area contributed by atoms with Gasteiger partial charge in [-0.15, -0.1) is 0 Å². The molecule has 0 fully saturated rings. The van der Waals surface area contributed by atoms with Gasteiger partial charge in [0.1, 0.15) is 16.9 Å². The predicted octanol–water partition coefficient (Wildman–Crippen LogP) is 5.92. The van der Waals surface area contributed by atoms with Gasteiger partial charge in [-0.25, -0.2) is 9.37 Å². The molecule has 0 spiro atoms. The minimum Gasteiger partial charge on any atom is -0.349 e. The fourth-order valence-corrected chi connectivity index (χ4v) is 4.69. The van der Waals surface area contributed by atoms with Crippen molar-refractivity contribution in [3.63, 3.8) is 0 Å². The molecule has 0 aliphatic carbocycles. The van der Waals surface area contributed by atoms with Crippen molar-refractivity contribution in [3.05, 3.63) is 99.6 Å². The van der Waals surface area contributed by atoms with Gasteiger partial charge in [-0.3, -0.25) is 9.36 Å². The van der Waals surface area contributed by atoms with E-state index in [2.05, 4.69) is 4.98 Å². The number of thioether (sulfide) groups is 1. The number of aromatic amines is 1.